The predicted molar refractivity (Wildman–Crippen MR) is 40.8 cm³/mol. The standard InChI is InChI=1S/C8H16O2.Au/c1-3-5-6-7-8(9)10-4-2;/h3-7H2,1-2H3;. The molecule has 0 saturated carbocycles. The zero-order valence-electron chi connectivity index (χ0n) is 7.15. The molecule has 0 bridgehead atoms. The van der Waals surface area contributed by atoms with Crippen molar-refractivity contribution < 1.29 is 31.9 Å². The maximum absolute atomic E-state index is 10.7. The molecule has 2 nitrogen and oxygen atoms in total. The van der Waals surface area contributed by atoms with Crippen LogP contribution in [0.3, 0.4) is 0 Å². The van der Waals surface area contributed by atoms with Gasteiger partial charge in [0.15, 0.2) is 0 Å². The van der Waals surface area contributed by atoms with E-state index in [0.717, 1.165) is 19.3 Å². The van der Waals surface area contributed by atoms with Crippen LogP contribution < -0.4 is 0 Å². The number of rotatable bonds is 5. The summed E-state index contributed by atoms with van der Waals surface area (Å²) >= 11 is 0. The summed E-state index contributed by atoms with van der Waals surface area (Å²) < 4.78 is 4.75. The number of hydrogen-bond donors (Lipinski definition) is 0. The topological polar surface area (TPSA) is 26.3 Å². The molecule has 0 aliphatic carbocycles. The summed E-state index contributed by atoms with van der Waals surface area (Å²) in [6.45, 7) is 4.45. The van der Waals surface area contributed by atoms with Crippen molar-refractivity contribution in [2.24, 2.45) is 0 Å². The fourth-order valence-corrected chi connectivity index (χ4v) is 0.752. The van der Waals surface area contributed by atoms with E-state index in [9.17, 15) is 4.79 Å². The Morgan fingerprint density at radius 2 is 1.91 bits per heavy atom. The van der Waals surface area contributed by atoms with Gasteiger partial charge in [-0.2, -0.15) is 0 Å². The van der Waals surface area contributed by atoms with Gasteiger partial charge in [0, 0.05) is 28.8 Å². The maximum atomic E-state index is 10.7. The molecule has 0 aliphatic rings. The van der Waals surface area contributed by atoms with Crippen LogP contribution in [0.15, 0.2) is 0 Å². The molecule has 71 valence electrons. The Kier molecular flexibility index (Phi) is 12.8. The second-order valence-electron chi connectivity index (χ2n) is 2.26. The van der Waals surface area contributed by atoms with Crippen LogP contribution in [0.5, 0.6) is 0 Å². The molecule has 0 heterocycles. The Hall–Kier alpha value is 0.210. The van der Waals surface area contributed by atoms with Crippen LogP contribution >= 0.6 is 0 Å². The zero-order chi connectivity index (χ0) is 7.82. The molecule has 0 amide bonds. The normalized spacial score (nSPS) is 8.55. The van der Waals surface area contributed by atoms with Crippen molar-refractivity contribution in [3.63, 3.8) is 0 Å². The van der Waals surface area contributed by atoms with E-state index in [1.165, 1.54) is 0 Å². The number of carbonyl (C=O) groups excluding carboxylic acids is 1. The number of esters is 1. The SMILES string of the molecule is CCCCCC(=O)OCC.[Au]. The van der Waals surface area contributed by atoms with Crippen LogP contribution in [0.2, 0.25) is 0 Å². The van der Waals surface area contributed by atoms with E-state index in [1.807, 2.05) is 6.92 Å². The van der Waals surface area contributed by atoms with Crippen LogP contribution in [-0.2, 0) is 31.9 Å². The first-order valence-electron chi connectivity index (χ1n) is 3.96. The quantitative estimate of drug-likeness (QED) is 0.435. The van der Waals surface area contributed by atoms with E-state index < -0.39 is 0 Å². The minimum Gasteiger partial charge on any atom is -0.466 e. The van der Waals surface area contributed by atoms with Gasteiger partial charge in [0.05, 0.1) is 6.61 Å². The second-order valence-corrected chi connectivity index (χ2v) is 2.26. The second kappa shape index (κ2) is 10.2. The van der Waals surface area contributed by atoms with Crippen molar-refractivity contribution in [1.29, 1.82) is 0 Å². The summed E-state index contributed by atoms with van der Waals surface area (Å²) in [6.07, 6.45) is 3.83. The molecule has 0 aromatic carbocycles. The molecule has 0 aromatic rings. The molecule has 11 heavy (non-hydrogen) atoms. The van der Waals surface area contributed by atoms with Gasteiger partial charge < -0.3 is 4.74 Å². The van der Waals surface area contributed by atoms with E-state index in [1.54, 1.807) is 0 Å². The van der Waals surface area contributed by atoms with Gasteiger partial charge in [0.2, 0.25) is 0 Å². The summed E-state index contributed by atoms with van der Waals surface area (Å²) in [6, 6.07) is 0. The molecule has 0 rings (SSSR count). The summed E-state index contributed by atoms with van der Waals surface area (Å²) in [5.74, 6) is -0.0593. The van der Waals surface area contributed by atoms with E-state index in [0.29, 0.717) is 13.0 Å². The molecule has 0 unspecified atom stereocenters. The van der Waals surface area contributed by atoms with E-state index in [-0.39, 0.29) is 28.3 Å². The van der Waals surface area contributed by atoms with Gasteiger partial charge in [-0.3, -0.25) is 4.79 Å². The third kappa shape index (κ3) is 10.2. The van der Waals surface area contributed by atoms with Gasteiger partial charge in [-0.25, -0.2) is 0 Å². The van der Waals surface area contributed by atoms with Gasteiger partial charge >= 0.3 is 5.97 Å². The Labute approximate surface area is 84.2 Å². The summed E-state index contributed by atoms with van der Waals surface area (Å²) in [4.78, 5) is 10.7. The predicted octanol–water partition coefficient (Wildman–Crippen LogP) is 2.13. The largest absolute Gasteiger partial charge is 0.466 e. The first-order valence-corrected chi connectivity index (χ1v) is 3.96. The van der Waals surface area contributed by atoms with Gasteiger partial charge in [0.1, 0.15) is 0 Å². The van der Waals surface area contributed by atoms with Crippen LogP contribution in [0.25, 0.3) is 0 Å². The first kappa shape index (κ1) is 13.8. The van der Waals surface area contributed by atoms with E-state index in [4.69, 9.17) is 4.74 Å². The van der Waals surface area contributed by atoms with Gasteiger partial charge in [-0.05, 0) is 13.3 Å². The fourth-order valence-electron chi connectivity index (χ4n) is 0.752. The molecular formula is C8H16AuO2. The third-order valence-corrected chi connectivity index (χ3v) is 1.29. The van der Waals surface area contributed by atoms with Crippen molar-refractivity contribution >= 4 is 5.97 Å². The number of ether oxygens (including phenoxy) is 1. The average molecular weight is 341 g/mol. The van der Waals surface area contributed by atoms with Crippen LogP contribution in [0, 0.1) is 0 Å². The minimum atomic E-state index is -0.0593. The third-order valence-electron chi connectivity index (χ3n) is 1.29. The monoisotopic (exact) mass is 341 g/mol. The zero-order valence-corrected chi connectivity index (χ0v) is 9.32. The summed E-state index contributed by atoms with van der Waals surface area (Å²) in [5, 5.41) is 0. The van der Waals surface area contributed by atoms with E-state index >= 15 is 0 Å². The fraction of sp³-hybridized carbons (Fsp3) is 0.875. The molecule has 1 radical (unpaired) electrons. The van der Waals surface area contributed by atoms with Crippen molar-refractivity contribution in [3.05, 3.63) is 0 Å². The molecule has 3 heteroatoms. The van der Waals surface area contributed by atoms with Gasteiger partial charge in [0.25, 0.3) is 0 Å². The molecule has 0 aromatic heterocycles. The number of hydrogen-bond acceptors (Lipinski definition) is 2. The minimum absolute atomic E-state index is 0. The molecule has 0 fully saturated rings. The molecule has 0 spiro atoms. The van der Waals surface area contributed by atoms with E-state index in [2.05, 4.69) is 6.92 Å². The first-order chi connectivity index (χ1) is 4.81. The van der Waals surface area contributed by atoms with Crippen LogP contribution in [-0.4, -0.2) is 12.6 Å². The number of carbonyl (C=O) groups is 1. The molecule has 0 N–H and O–H groups in total. The van der Waals surface area contributed by atoms with Crippen LogP contribution in [0.1, 0.15) is 39.5 Å². The van der Waals surface area contributed by atoms with Crippen molar-refractivity contribution in [1.82, 2.24) is 0 Å². The molecule has 0 atom stereocenters. The van der Waals surface area contributed by atoms with Gasteiger partial charge in [-0.15, -0.1) is 0 Å². The molecule has 0 saturated heterocycles. The Morgan fingerprint density at radius 1 is 1.27 bits per heavy atom. The van der Waals surface area contributed by atoms with Gasteiger partial charge in [-0.1, -0.05) is 19.8 Å². The van der Waals surface area contributed by atoms with Crippen LogP contribution in [0.4, 0.5) is 0 Å². The summed E-state index contributed by atoms with van der Waals surface area (Å²) in [5.41, 5.74) is 0. The Balaban J connectivity index is 0. The Bertz CT molecular complexity index is 94.1. The number of unbranched alkanes of at least 4 members (excludes halogenated alkanes) is 2. The molecule has 0 aliphatic heterocycles. The maximum Gasteiger partial charge on any atom is 0.305 e. The van der Waals surface area contributed by atoms with Crippen molar-refractivity contribution in [3.8, 4) is 0 Å². The summed E-state index contributed by atoms with van der Waals surface area (Å²) in [7, 11) is 0. The van der Waals surface area contributed by atoms with Crippen molar-refractivity contribution in [2.45, 2.75) is 39.5 Å². The average Bonchev–Trinajstić information content (AvgIpc) is 1.89. The molecular weight excluding hydrogens is 325 g/mol. The Morgan fingerprint density at radius 3 is 2.36 bits per heavy atom. The van der Waals surface area contributed by atoms with Crippen molar-refractivity contribution in [2.75, 3.05) is 6.61 Å². The smallest absolute Gasteiger partial charge is 0.305 e.